The number of likely N-dealkylation sites (tertiary alicyclic amines) is 1. The molecule has 0 bridgehead atoms. The lowest BCUT2D eigenvalue weighted by molar-refractivity contribution is -0.162. The second-order valence-electron chi connectivity index (χ2n) is 8.59. The summed E-state index contributed by atoms with van der Waals surface area (Å²) >= 11 is 0. The minimum Gasteiger partial charge on any atom is -0.448 e. The fraction of sp³-hybridized carbons (Fsp3) is 0.308. The maximum absolute atomic E-state index is 13.2. The second-order valence-corrected chi connectivity index (χ2v) is 8.59. The number of hydrogen-bond acceptors (Lipinski definition) is 5. The molecule has 3 atom stereocenters. The number of alkyl halides is 3. The van der Waals surface area contributed by atoms with Crippen LogP contribution in [0, 0.1) is 0 Å². The molecule has 8 nitrogen and oxygen atoms in total. The van der Waals surface area contributed by atoms with E-state index in [0.717, 1.165) is 17.7 Å². The van der Waals surface area contributed by atoms with Crippen LogP contribution in [-0.2, 0) is 31.8 Å². The highest BCUT2D eigenvalue weighted by molar-refractivity contribution is 5.98. The molecule has 0 radical (unpaired) electrons. The van der Waals surface area contributed by atoms with Crippen LogP contribution in [0.1, 0.15) is 23.1 Å². The average molecular weight is 515 g/mol. The van der Waals surface area contributed by atoms with E-state index >= 15 is 0 Å². The molecule has 2 aliphatic rings. The molecule has 11 heteroatoms. The highest BCUT2D eigenvalue weighted by Crippen LogP contribution is 2.32. The summed E-state index contributed by atoms with van der Waals surface area (Å²) in [6.45, 7) is 0.109. The SMILES string of the molecule is O=CC[C@H](C(=O)NCc1cccc(C(F)(F)F)c1)N1C(=O)[C@@H](N2CCOC2=O)[C@H]1/C=C/c1ccccc1. The number of ether oxygens (including phenoxy) is 1. The zero-order chi connectivity index (χ0) is 26.6. The first-order valence-corrected chi connectivity index (χ1v) is 11.6. The Bertz CT molecular complexity index is 1200. The van der Waals surface area contributed by atoms with Crippen molar-refractivity contribution in [1.29, 1.82) is 0 Å². The molecule has 194 valence electrons. The number of β-lactam (4-membered cyclic amide) rings is 1. The number of amides is 3. The van der Waals surface area contributed by atoms with Crippen molar-refractivity contribution in [3.63, 3.8) is 0 Å². The zero-order valence-corrected chi connectivity index (χ0v) is 19.6. The number of carbonyl (C=O) groups is 4. The van der Waals surface area contributed by atoms with Gasteiger partial charge in [0.25, 0.3) is 0 Å². The first-order valence-electron chi connectivity index (χ1n) is 11.6. The van der Waals surface area contributed by atoms with Gasteiger partial charge in [-0.15, -0.1) is 0 Å². The molecule has 4 rings (SSSR count). The monoisotopic (exact) mass is 515 g/mol. The Hall–Kier alpha value is -4.15. The third-order valence-corrected chi connectivity index (χ3v) is 6.24. The maximum Gasteiger partial charge on any atom is 0.416 e. The van der Waals surface area contributed by atoms with Crippen molar-refractivity contribution >= 4 is 30.3 Å². The van der Waals surface area contributed by atoms with E-state index in [1.807, 2.05) is 30.3 Å². The molecule has 0 aliphatic carbocycles. The number of carbonyl (C=O) groups excluding carboxylic acids is 4. The highest BCUT2D eigenvalue weighted by atomic mass is 19.4. The molecular formula is C26H24F3N3O5. The van der Waals surface area contributed by atoms with E-state index in [-0.39, 0.29) is 31.7 Å². The lowest BCUT2D eigenvalue weighted by atomic mass is 9.89. The van der Waals surface area contributed by atoms with Crippen LogP contribution in [0.25, 0.3) is 6.08 Å². The van der Waals surface area contributed by atoms with Crippen molar-refractivity contribution in [3.8, 4) is 0 Å². The quantitative estimate of drug-likeness (QED) is 0.409. The van der Waals surface area contributed by atoms with Crippen LogP contribution < -0.4 is 5.32 Å². The Morgan fingerprint density at radius 3 is 2.54 bits per heavy atom. The molecule has 3 amide bonds. The van der Waals surface area contributed by atoms with Crippen LogP contribution in [0.2, 0.25) is 0 Å². The van der Waals surface area contributed by atoms with E-state index < -0.39 is 47.8 Å². The number of nitrogens with one attached hydrogen (secondary N) is 1. The highest BCUT2D eigenvalue weighted by Gasteiger charge is 2.55. The van der Waals surface area contributed by atoms with E-state index in [2.05, 4.69) is 5.32 Å². The molecule has 1 N–H and O–H groups in total. The van der Waals surface area contributed by atoms with Crippen LogP contribution >= 0.6 is 0 Å². The summed E-state index contributed by atoms with van der Waals surface area (Å²) in [7, 11) is 0. The number of hydrogen-bond donors (Lipinski definition) is 1. The average Bonchev–Trinajstić information content (AvgIpc) is 3.29. The van der Waals surface area contributed by atoms with Gasteiger partial charge in [-0.25, -0.2) is 4.79 Å². The molecule has 0 saturated carbocycles. The van der Waals surface area contributed by atoms with Crippen LogP contribution in [-0.4, -0.2) is 65.3 Å². The van der Waals surface area contributed by atoms with E-state index in [4.69, 9.17) is 4.74 Å². The first kappa shape index (κ1) is 25.9. The zero-order valence-electron chi connectivity index (χ0n) is 19.6. The summed E-state index contributed by atoms with van der Waals surface area (Å²) in [5.41, 5.74) is 0.180. The molecule has 2 aromatic carbocycles. The molecule has 2 heterocycles. The van der Waals surface area contributed by atoms with Crippen LogP contribution in [0.3, 0.4) is 0 Å². The summed E-state index contributed by atoms with van der Waals surface area (Å²) in [5.74, 6) is -1.22. The van der Waals surface area contributed by atoms with Gasteiger partial charge < -0.3 is 19.7 Å². The predicted molar refractivity (Wildman–Crippen MR) is 126 cm³/mol. The number of aldehydes is 1. The predicted octanol–water partition coefficient (Wildman–Crippen LogP) is 3.02. The summed E-state index contributed by atoms with van der Waals surface area (Å²) in [4.78, 5) is 52.4. The van der Waals surface area contributed by atoms with Crippen molar-refractivity contribution in [1.82, 2.24) is 15.1 Å². The third kappa shape index (κ3) is 5.65. The molecule has 0 unspecified atom stereocenters. The number of rotatable bonds is 9. The Labute approximate surface area is 210 Å². The van der Waals surface area contributed by atoms with Crippen molar-refractivity contribution in [3.05, 3.63) is 77.4 Å². The van der Waals surface area contributed by atoms with Crippen LogP contribution in [0.15, 0.2) is 60.7 Å². The maximum atomic E-state index is 13.2. The van der Waals surface area contributed by atoms with E-state index in [9.17, 15) is 32.3 Å². The number of cyclic esters (lactones) is 1. The minimum atomic E-state index is -4.53. The van der Waals surface area contributed by atoms with Gasteiger partial charge in [-0.2, -0.15) is 13.2 Å². The fourth-order valence-electron chi connectivity index (χ4n) is 4.43. The Morgan fingerprint density at radius 2 is 1.89 bits per heavy atom. The van der Waals surface area contributed by atoms with Gasteiger partial charge in [0.1, 0.15) is 25.0 Å². The van der Waals surface area contributed by atoms with E-state index in [1.54, 1.807) is 12.2 Å². The molecule has 2 aromatic rings. The van der Waals surface area contributed by atoms with Crippen LogP contribution in [0.4, 0.5) is 18.0 Å². The summed E-state index contributed by atoms with van der Waals surface area (Å²) < 4.78 is 44.0. The largest absolute Gasteiger partial charge is 0.448 e. The number of nitrogens with zero attached hydrogens (tertiary/aromatic N) is 2. The molecule has 2 saturated heterocycles. The minimum absolute atomic E-state index is 0.132. The van der Waals surface area contributed by atoms with E-state index in [0.29, 0.717) is 6.29 Å². The smallest absolute Gasteiger partial charge is 0.416 e. The molecule has 0 spiro atoms. The summed E-state index contributed by atoms with van der Waals surface area (Å²) in [6, 6.07) is 10.8. The van der Waals surface area contributed by atoms with E-state index in [1.165, 1.54) is 21.9 Å². The van der Waals surface area contributed by atoms with Gasteiger partial charge in [0.15, 0.2) is 0 Å². The van der Waals surface area contributed by atoms with Crippen molar-refractivity contribution < 1.29 is 37.1 Å². The number of benzene rings is 2. The van der Waals surface area contributed by atoms with Gasteiger partial charge in [-0.1, -0.05) is 54.6 Å². The lowest BCUT2D eigenvalue weighted by Gasteiger charge is -2.51. The van der Waals surface area contributed by atoms with Crippen molar-refractivity contribution in [2.24, 2.45) is 0 Å². The first-order chi connectivity index (χ1) is 17.7. The molecule has 0 aromatic heterocycles. The van der Waals surface area contributed by atoms with Crippen molar-refractivity contribution in [2.75, 3.05) is 13.2 Å². The molecular weight excluding hydrogens is 491 g/mol. The van der Waals surface area contributed by atoms with Crippen molar-refractivity contribution in [2.45, 2.75) is 37.3 Å². The fourth-order valence-corrected chi connectivity index (χ4v) is 4.43. The molecule has 2 aliphatic heterocycles. The van der Waals surface area contributed by atoms with Gasteiger partial charge in [0.2, 0.25) is 11.8 Å². The topological polar surface area (TPSA) is 96.0 Å². The lowest BCUT2D eigenvalue weighted by Crippen LogP contribution is -2.74. The summed E-state index contributed by atoms with van der Waals surface area (Å²) in [6.07, 6.45) is -1.57. The Balaban J connectivity index is 1.54. The van der Waals surface area contributed by atoms with Gasteiger partial charge in [-0.05, 0) is 23.3 Å². The van der Waals surface area contributed by atoms with Gasteiger partial charge in [0.05, 0.1) is 18.2 Å². The van der Waals surface area contributed by atoms with Gasteiger partial charge >= 0.3 is 12.3 Å². The summed E-state index contributed by atoms with van der Waals surface area (Å²) in [5, 5.41) is 2.53. The second kappa shape index (κ2) is 10.9. The third-order valence-electron chi connectivity index (χ3n) is 6.24. The molecule has 37 heavy (non-hydrogen) atoms. The number of halogens is 3. The van der Waals surface area contributed by atoms with Crippen LogP contribution in [0.5, 0.6) is 0 Å². The van der Waals surface area contributed by atoms with Gasteiger partial charge in [0, 0.05) is 13.0 Å². The molecule has 2 fully saturated rings. The standard InChI is InChI=1S/C26H24F3N3O5/c27-26(28,29)19-8-4-7-18(15-19)16-30-23(34)21(11-13-33)32-20(10-9-17-5-2-1-3-6-17)22(24(32)35)31-12-14-37-25(31)36/h1-10,13,15,20-22H,11-12,14,16H2,(H,30,34)/b10-9+/t20-,21-,22+/m1/s1. The Kier molecular flexibility index (Phi) is 7.61. The normalized spacial score (nSPS) is 20.5. The Morgan fingerprint density at radius 1 is 1.14 bits per heavy atom. The van der Waals surface area contributed by atoms with Gasteiger partial charge in [-0.3, -0.25) is 14.5 Å².